The van der Waals surface area contributed by atoms with Gasteiger partial charge in [-0.25, -0.2) is 9.59 Å². The molecule has 0 saturated heterocycles. The highest BCUT2D eigenvalue weighted by Gasteiger charge is 2.50. The molecule has 1 aromatic rings. The monoisotopic (exact) mass is 330 g/mol. The van der Waals surface area contributed by atoms with E-state index in [1.807, 2.05) is 6.92 Å². The maximum Gasteiger partial charge on any atom is 0.339 e. The van der Waals surface area contributed by atoms with Gasteiger partial charge in [0, 0.05) is 30.4 Å². The number of rotatable bonds is 3. The molecule has 0 bridgehead atoms. The predicted octanol–water partition coefficient (Wildman–Crippen LogP) is 1.07. The molecule has 2 heterocycles. The van der Waals surface area contributed by atoms with Crippen molar-refractivity contribution in [2.45, 2.75) is 19.4 Å². The minimum absolute atomic E-state index is 0.167. The standard InChI is InChI=1S/C17H18N2O5/c1-9-13(24-16(21)10-4-3-5-18-7-10)6-11-12(17(22)23-2)8-19-15(20)14(9)11/h3-5,7-9,11,13-14H,6H2,1-2H3,(H,19,20). The number of nitrogens with zero attached hydrogens (tertiary/aromatic N) is 1. The molecular formula is C17H18N2O5. The number of hydrogen-bond donors (Lipinski definition) is 1. The van der Waals surface area contributed by atoms with Crippen LogP contribution in [0, 0.1) is 17.8 Å². The summed E-state index contributed by atoms with van der Waals surface area (Å²) < 4.78 is 10.4. The van der Waals surface area contributed by atoms with Crippen LogP contribution in [0.15, 0.2) is 36.3 Å². The lowest BCUT2D eigenvalue weighted by atomic mass is 9.82. The van der Waals surface area contributed by atoms with Crippen LogP contribution in [0.1, 0.15) is 23.7 Å². The zero-order valence-corrected chi connectivity index (χ0v) is 13.4. The van der Waals surface area contributed by atoms with Crippen molar-refractivity contribution in [3.05, 3.63) is 41.9 Å². The van der Waals surface area contributed by atoms with Gasteiger partial charge >= 0.3 is 11.9 Å². The number of hydrogen-bond acceptors (Lipinski definition) is 6. The van der Waals surface area contributed by atoms with Crippen LogP contribution in [-0.4, -0.2) is 36.0 Å². The van der Waals surface area contributed by atoms with Crippen LogP contribution in [0.5, 0.6) is 0 Å². The number of carbonyl (C=O) groups excluding carboxylic acids is 3. The Morgan fingerprint density at radius 1 is 1.33 bits per heavy atom. The first kappa shape index (κ1) is 16.2. The Balaban J connectivity index is 1.79. The van der Waals surface area contributed by atoms with Gasteiger partial charge in [-0.05, 0) is 18.6 Å². The summed E-state index contributed by atoms with van der Waals surface area (Å²) in [6.07, 6.45) is 4.35. The fourth-order valence-corrected chi connectivity index (χ4v) is 3.48. The van der Waals surface area contributed by atoms with Crippen molar-refractivity contribution in [3.63, 3.8) is 0 Å². The lowest BCUT2D eigenvalue weighted by molar-refractivity contribution is -0.137. The molecule has 24 heavy (non-hydrogen) atoms. The van der Waals surface area contributed by atoms with Crippen molar-refractivity contribution in [3.8, 4) is 0 Å². The third-order valence-corrected chi connectivity index (χ3v) is 4.72. The molecule has 0 radical (unpaired) electrons. The van der Waals surface area contributed by atoms with Crippen molar-refractivity contribution in [2.24, 2.45) is 17.8 Å². The van der Waals surface area contributed by atoms with Crippen molar-refractivity contribution in [1.29, 1.82) is 0 Å². The van der Waals surface area contributed by atoms with Crippen LogP contribution >= 0.6 is 0 Å². The van der Waals surface area contributed by atoms with E-state index in [0.717, 1.165) is 0 Å². The first-order chi connectivity index (χ1) is 11.5. The van der Waals surface area contributed by atoms with Gasteiger partial charge in [-0.3, -0.25) is 9.78 Å². The van der Waals surface area contributed by atoms with E-state index in [9.17, 15) is 14.4 Å². The summed E-state index contributed by atoms with van der Waals surface area (Å²) in [6, 6.07) is 3.27. The van der Waals surface area contributed by atoms with E-state index in [1.165, 1.54) is 19.5 Å². The minimum Gasteiger partial charge on any atom is -0.466 e. The van der Waals surface area contributed by atoms with Gasteiger partial charge in [0.2, 0.25) is 5.91 Å². The van der Waals surface area contributed by atoms with Gasteiger partial charge in [0.05, 0.1) is 24.2 Å². The highest BCUT2D eigenvalue weighted by molar-refractivity contribution is 5.94. The zero-order chi connectivity index (χ0) is 17.3. The average molecular weight is 330 g/mol. The van der Waals surface area contributed by atoms with Crippen molar-refractivity contribution in [1.82, 2.24) is 10.3 Å². The summed E-state index contributed by atoms with van der Waals surface area (Å²) >= 11 is 0. The molecule has 3 rings (SSSR count). The number of aromatic nitrogens is 1. The van der Waals surface area contributed by atoms with Gasteiger partial charge in [-0.15, -0.1) is 0 Å². The van der Waals surface area contributed by atoms with Gasteiger partial charge in [0.25, 0.3) is 0 Å². The fourth-order valence-electron chi connectivity index (χ4n) is 3.48. The highest BCUT2D eigenvalue weighted by Crippen LogP contribution is 2.44. The van der Waals surface area contributed by atoms with Crippen LogP contribution in [0.2, 0.25) is 0 Å². The summed E-state index contributed by atoms with van der Waals surface area (Å²) in [7, 11) is 1.30. The second kappa shape index (κ2) is 6.43. The second-order valence-corrected chi connectivity index (χ2v) is 6.01. The zero-order valence-electron chi connectivity index (χ0n) is 13.4. The summed E-state index contributed by atoms with van der Waals surface area (Å²) in [5.41, 5.74) is 0.765. The second-order valence-electron chi connectivity index (χ2n) is 6.01. The van der Waals surface area contributed by atoms with E-state index < -0.39 is 24.0 Å². The van der Waals surface area contributed by atoms with Gasteiger partial charge in [-0.2, -0.15) is 0 Å². The summed E-state index contributed by atoms with van der Waals surface area (Å²) in [5.74, 6) is -2.06. The van der Waals surface area contributed by atoms with E-state index >= 15 is 0 Å². The molecule has 1 amide bonds. The van der Waals surface area contributed by atoms with E-state index in [-0.39, 0.29) is 17.7 Å². The maximum atomic E-state index is 12.2. The summed E-state index contributed by atoms with van der Waals surface area (Å²) in [6.45, 7) is 1.85. The predicted molar refractivity (Wildman–Crippen MR) is 82.4 cm³/mol. The smallest absolute Gasteiger partial charge is 0.339 e. The molecule has 0 aromatic carbocycles. The molecular weight excluding hydrogens is 312 g/mol. The lowest BCUT2D eigenvalue weighted by Gasteiger charge is -2.26. The van der Waals surface area contributed by atoms with Gasteiger partial charge in [0.15, 0.2) is 0 Å². The number of carbonyl (C=O) groups is 3. The fraction of sp³-hybridized carbons (Fsp3) is 0.412. The number of fused-ring (bicyclic) bond motifs is 1. The number of ether oxygens (including phenoxy) is 2. The maximum absolute atomic E-state index is 12.2. The van der Waals surface area contributed by atoms with Gasteiger partial charge < -0.3 is 14.8 Å². The number of pyridine rings is 1. The van der Waals surface area contributed by atoms with E-state index in [4.69, 9.17) is 9.47 Å². The van der Waals surface area contributed by atoms with Crippen molar-refractivity contribution < 1.29 is 23.9 Å². The average Bonchev–Trinajstić information content (AvgIpc) is 2.92. The molecule has 7 nitrogen and oxygen atoms in total. The molecule has 1 aromatic heterocycles. The summed E-state index contributed by atoms with van der Waals surface area (Å²) in [5, 5.41) is 2.60. The molecule has 4 atom stereocenters. The van der Waals surface area contributed by atoms with Crippen LogP contribution in [0.3, 0.4) is 0 Å². The van der Waals surface area contributed by atoms with Crippen LogP contribution in [-0.2, 0) is 19.1 Å². The molecule has 1 fully saturated rings. The Hall–Kier alpha value is -2.70. The number of nitrogens with one attached hydrogen (secondary N) is 1. The van der Waals surface area contributed by atoms with Crippen molar-refractivity contribution >= 4 is 17.8 Å². The normalized spacial score (nSPS) is 28.4. The first-order valence-electron chi connectivity index (χ1n) is 7.72. The Labute approximate surface area is 139 Å². The largest absolute Gasteiger partial charge is 0.466 e. The Morgan fingerprint density at radius 3 is 2.79 bits per heavy atom. The molecule has 126 valence electrons. The van der Waals surface area contributed by atoms with Crippen LogP contribution in [0.25, 0.3) is 0 Å². The number of methoxy groups -OCH3 is 1. The number of esters is 2. The molecule has 4 unspecified atom stereocenters. The van der Waals surface area contributed by atoms with Gasteiger partial charge in [-0.1, -0.05) is 6.92 Å². The Kier molecular flexibility index (Phi) is 4.33. The van der Waals surface area contributed by atoms with Gasteiger partial charge in [0.1, 0.15) is 6.10 Å². The topological polar surface area (TPSA) is 94.6 Å². The Bertz CT molecular complexity index is 700. The van der Waals surface area contributed by atoms with Crippen LogP contribution in [0.4, 0.5) is 0 Å². The van der Waals surface area contributed by atoms with Crippen LogP contribution < -0.4 is 5.32 Å². The van der Waals surface area contributed by atoms with E-state index in [0.29, 0.717) is 17.6 Å². The molecule has 1 aliphatic heterocycles. The number of amides is 1. The first-order valence-corrected chi connectivity index (χ1v) is 7.72. The molecule has 1 saturated carbocycles. The third-order valence-electron chi connectivity index (χ3n) is 4.72. The quantitative estimate of drug-likeness (QED) is 0.833. The molecule has 7 heteroatoms. The highest BCUT2D eigenvalue weighted by atomic mass is 16.5. The molecule has 2 aliphatic rings. The Morgan fingerprint density at radius 2 is 2.12 bits per heavy atom. The summed E-state index contributed by atoms with van der Waals surface area (Å²) in [4.78, 5) is 40.2. The molecule has 0 spiro atoms. The lowest BCUT2D eigenvalue weighted by Crippen LogP contribution is -2.40. The molecule has 1 N–H and O–H groups in total. The van der Waals surface area contributed by atoms with E-state index in [1.54, 1.807) is 18.3 Å². The molecule has 1 aliphatic carbocycles. The van der Waals surface area contributed by atoms with E-state index in [2.05, 4.69) is 10.3 Å². The third kappa shape index (κ3) is 2.77. The SMILES string of the molecule is COC(=O)C1=CNC(=O)C2C1CC(OC(=O)c1cccnc1)C2C. The van der Waals surface area contributed by atoms with Crippen molar-refractivity contribution in [2.75, 3.05) is 7.11 Å². The minimum atomic E-state index is -0.484.